The zero-order valence-corrected chi connectivity index (χ0v) is 10.7. The predicted molar refractivity (Wildman–Crippen MR) is 62.0 cm³/mol. The number of rotatable bonds is 5. The number of hydrogen-bond acceptors (Lipinski definition) is 3. The summed E-state index contributed by atoms with van der Waals surface area (Å²) in [5.41, 5.74) is 0. The van der Waals surface area contributed by atoms with Gasteiger partial charge in [0.15, 0.2) is 0 Å². The van der Waals surface area contributed by atoms with Crippen LogP contribution in [0.5, 0.6) is 0 Å². The molecule has 0 saturated carbocycles. The first kappa shape index (κ1) is 13.5. The van der Waals surface area contributed by atoms with Gasteiger partial charge in [-0.3, -0.25) is 4.79 Å². The van der Waals surface area contributed by atoms with E-state index >= 15 is 0 Å². The summed E-state index contributed by atoms with van der Waals surface area (Å²) in [5, 5.41) is 0. The van der Waals surface area contributed by atoms with Crippen molar-refractivity contribution in [3.05, 3.63) is 0 Å². The smallest absolute Gasteiger partial charge is 0.308 e. The van der Waals surface area contributed by atoms with Gasteiger partial charge in [-0.25, -0.2) is 0 Å². The molecule has 1 heterocycles. The summed E-state index contributed by atoms with van der Waals surface area (Å²) >= 11 is 0. The first-order valence-electron chi connectivity index (χ1n) is 6.15. The van der Waals surface area contributed by atoms with E-state index in [0.29, 0.717) is 6.61 Å². The van der Waals surface area contributed by atoms with Crippen molar-refractivity contribution in [1.82, 2.24) is 0 Å². The van der Waals surface area contributed by atoms with Crippen molar-refractivity contribution in [1.29, 1.82) is 0 Å². The Labute approximate surface area is 98.1 Å². The molecular formula is C12H24NO3+. The number of ether oxygens (including phenoxy) is 2. The average Bonchev–Trinajstić information content (AvgIpc) is 2.28. The standard InChI is InChI=1S/C12H24NO3/c1-4-11(2)12(14)16-10-7-13(3)5-8-15-9-6-13/h11H,4-10H2,1-3H3/q+1. The quantitative estimate of drug-likeness (QED) is 0.523. The lowest BCUT2D eigenvalue weighted by molar-refractivity contribution is -0.917. The Morgan fingerprint density at radius 2 is 2.06 bits per heavy atom. The molecule has 16 heavy (non-hydrogen) atoms. The van der Waals surface area contributed by atoms with Gasteiger partial charge in [-0.15, -0.1) is 0 Å². The molecule has 0 bridgehead atoms. The van der Waals surface area contributed by atoms with Crippen LogP contribution in [0.1, 0.15) is 20.3 Å². The van der Waals surface area contributed by atoms with Crippen molar-refractivity contribution in [2.75, 3.05) is 46.5 Å². The number of morpholine rings is 1. The fourth-order valence-electron chi connectivity index (χ4n) is 1.68. The Morgan fingerprint density at radius 3 is 2.62 bits per heavy atom. The number of quaternary nitrogens is 1. The van der Waals surface area contributed by atoms with Gasteiger partial charge < -0.3 is 14.0 Å². The van der Waals surface area contributed by atoms with Gasteiger partial charge in [0, 0.05) is 0 Å². The van der Waals surface area contributed by atoms with Gasteiger partial charge in [0.05, 0.1) is 26.2 Å². The molecule has 1 fully saturated rings. The fourth-order valence-corrected chi connectivity index (χ4v) is 1.68. The van der Waals surface area contributed by atoms with Gasteiger partial charge in [-0.05, 0) is 6.42 Å². The van der Waals surface area contributed by atoms with Gasteiger partial charge in [0.2, 0.25) is 0 Å². The molecule has 1 aliphatic rings. The number of carbonyl (C=O) groups is 1. The van der Waals surface area contributed by atoms with E-state index in [1.54, 1.807) is 0 Å². The third-order valence-corrected chi connectivity index (χ3v) is 3.44. The molecule has 1 saturated heterocycles. The van der Waals surface area contributed by atoms with Gasteiger partial charge >= 0.3 is 5.97 Å². The second kappa shape index (κ2) is 6.21. The Balaban J connectivity index is 2.21. The van der Waals surface area contributed by atoms with Crippen LogP contribution < -0.4 is 0 Å². The molecule has 1 atom stereocenters. The lowest BCUT2D eigenvalue weighted by Crippen LogP contribution is -2.53. The summed E-state index contributed by atoms with van der Waals surface area (Å²) in [6.07, 6.45) is 0.846. The first-order valence-corrected chi connectivity index (χ1v) is 6.15. The van der Waals surface area contributed by atoms with Crippen molar-refractivity contribution in [3.8, 4) is 0 Å². The van der Waals surface area contributed by atoms with Crippen molar-refractivity contribution in [2.45, 2.75) is 20.3 Å². The average molecular weight is 230 g/mol. The highest BCUT2D eigenvalue weighted by molar-refractivity contribution is 5.71. The number of nitrogens with zero attached hydrogens (tertiary/aromatic N) is 1. The highest BCUT2D eigenvalue weighted by atomic mass is 16.5. The van der Waals surface area contributed by atoms with E-state index in [1.165, 1.54) is 0 Å². The maximum Gasteiger partial charge on any atom is 0.308 e. The van der Waals surface area contributed by atoms with Crippen molar-refractivity contribution in [3.63, 3.8) is 0 Å². The molecular weight excluding hydrogens is 206 g/mol. The fraction of sp³-hybridized carbons (Fsp3) is 0.917. The van der Waals surface area contributed by atoms with Gasteiger partial charge in [-0.2, -0.15) is 0 Å². The molecule has 1 rings (SSSR count). The summed E-state index contributed by atoms with van der Waals surface area (Å²) in [6.45, 7) is 8.99. The summed E-state index contributed by atoms with van der Waals surface area (Å²) in [6, 6.07) is 0. The maximum atomic E-state index is 11.5. The third-order valence-electron chi connectivity index (χ3n) is 3.44. The molecule has 0 aliphatic carbocycles. The van der Waals surface area contributed by atoms with Crippen molar-refractivity contribution < 1.29 is 18.8 Å². The molecule has 0 amide bonds. The predicted octanol–water partition coefficient (Wildman–Crippen LogP) is 1.05. The largest absolute Gasteiger partial charge is 0.459 e. The molecule has 94 valence electrons. The second-order valence-electron chi connectivity index (χ2n) is 4.88. The molecule has 4 nitrogen and oxygen atoms in total. The van der Waals surface area contributed by atoms with Crippen molar-refractivity contribution in [2.24, 2.45) is 5.92 Å². The molecule has 0 aromatic heterocycles. The maximum absolute atomic E-state index is 11.5. The highest BCUT2D eigenvalue weighted by Gasteiger charge is 2.25. The van der Waals surface area contributed by atoms with E-state index < -0.39 is 0 Å². The van der Waals surface area contributed by atoms with Gasteiger partial charge in [0.1, 0.15) is 26.2 Å². The third kappa shape index (κ3) is 4.10. The Morgan fingerprint density at radius 1 is 1.44 bits per heavy atom. The highest BCUT2D eigenvalue weighted by Crippen LogP contribution is 2.08. The number of hydrogen-bond donors (Lipinski definition) is 0. The van der Waals surface area contributed by atoms with Crippen LogP contribution in [0.3, 0.4) is 0 Å². The van der Waals surface area contributed by atoms with Gasteiger partial charge in [0.25, 0.3) is 0 Å². The Hall–Kier alpha value is -0.610. The SMILES string of the molecule is CCC(C)C(=O)OCC[N+]1(C)CCOCC1. The lowest BCUT2D eigenvalue weighted by Gasteiger charge is -2.37. The molecule has 0 aromatic rings. The van der Waals surface area contributed by atoms with E-state index in [-0.39, 0.29) is 11.9 Å². The second-order valence-corrected chi connectivity index (χ2v) is 4.88. The van der Waals surface area contributed by atoms with Crippen LogP contribution in [0.4, 0.5) is 0 Å². The van der Waals surface area contributed by atoms with E-state index in [0.717, 1.165) is 43.8 Å². The molecule has 0 aromatic carbocycles. The van der Waals surface area contributed by atoms with Crippen LogP contribution in [0, 0.1) is 5.92 Å². The normalized spacial score (nSPS) is 21.4. The zero-order chi connectivity index (χ0) is 12.0. The minimum atomic E-state index is -0.0673. The lowest BCUT2D eigenvalue weighted by atomic mass is 10.1. The Bertz CT molecular complexity index is 224. The molecule has 1 unspecified atom stereocenters. The van der Waals surface area contributed by atoms with Crippen LogP contribution in [0.2, 0.25) is 0 Å². The molecule has 0 radical (unpaired) electrons. The van der Waals surface area contributed by atoms with Crippen molar-refractivity contribution >= 4 is 5.97 Å². The number of esters is 1. The zero-order valence-electron chi connectivity index (χ0n) is 10.7. The minimum absolute atomic E-state index is 0.0231. The van der Waals surface area contributed by atoms with E-state index in [4.69, 9.17) is 9.47 Å². The van der Waals surface area contributed by atoms with E-state index in [1.807, 2.05) is 13.8 Å². The summed E-state index contributed by atoms with van der Waals surface area (Å²) in [4.78, 5) is 11.5. The van der Waals surface area contributed by atoms with Gasteiger partial charge in [-0.1, -0.05) is 13.8 Å². The topological polar surface area (TPSA) is 35.5 Å². The summed E-state index contributed by atoms with van der Waals surface area (Å²) in [7, 11) is 2.19. The molecule has 0 spiro atoms. The van der Waals surface area contributed by atoms with Crippen LogP contribution in [-0.2, 0) is 14.3 Å². The summed E-state index contributed by atoms with van der Waals surface area (Å²) in [5.74, 6) is -0.0441. The minimum Gasteiger partial charge on any atom is -0.459 e. The monoisotopic (exact) mass is 230 g/mol. The number of carbonyl (C=O) groups excluding carboxylic acids is 1. The molecule has 4 heteroatoms. The first-order chi connectivity index (χ1) is 7.57. The van der Waals surface area contributed by atoms with Crippen LogP contribution in [0.15, 0.2) is 0 Å². The molecule has 1 aliphatic heterocycles. The van der Waals surface area contributed by atoms with Crippen LogP contribution in [-0.4, -0.2) is 57.0 Å². The van der Waals surface area contributed by atoms with E-state index in [2.05, 4.69) is 7.05 Å². The van der Waals surface area contributed by atoms with Crippen LogP contribution in [0.25, 0.3) is 0 Å². The Kier molecular flexibility index (Phi) is 5.22. The number of likely N-dealkylation sites (N-methyl/N-ethyl adjacent to an activating group) is 1. The van der Waals surface area contributed by atoms with E-state index in [9.17, 15) is 4.79 Å². The molecule has 0 N–H and O–H groups in total. The van der Waals surface area contributed by atoms with Crippen LogP contribution >= 0.6 is 0 Å². The summed E-state index contributed by atoms with van der Waals surface area (Å²) < 4.78 is 11.5.